The fourth-order valence-corrected chi connectivity index (χ4v) is 3.59. The van der Waals surface area contributed by atoms with Crippen LogP contribution in [0.2, 0.25) is 0 Å². The Kier molecular flexibility index (Phi) is 6.33. The first kappa shape index (κ1) is 18.1. The summed E-state index contributed by atoms with van der Waals surface area (Å²) < 4.78 is 1.19. The number of hydrogen-bond donors (Lipinski definition) is 2. The van der Waals surface area contributed by atoms with Crippen molar-refractivity contribution in [3.63, 3.8) is 0 Å². The van der Waals surface area contributed by atoms with Crippen molar-refractivity contribution in [3.05, 3.63) is 65.2 Å². The van der Waals surface area contributed by atoms with Crippen LogP contribution in [0.25, 0.3) is 10.2 Å². The van der Waals surface area contributed by atoms with Crippen LogP contribution in [0.1, 0.15) is 17.0 Å². The maximum atomic E-state index is 11.8. The summed E-state index contributed by atoms with van der Waals surface area (Å²) in [6.07, 6.45) is 1.94. The van der Waals surface area contributed by atoms with Crippen molar-refractivity contribution in [1.29, 1.82) is 0 Å². The fraction of sp³-hybridized carbons (Fsp3) is 0.250. The van der Waals surface area contributed by atoms with Crippen LogP contribution < -0.4 is 10.6 Å². The smallest absolute Gasteiger partial charge is 0.239 e. The molecule has 26 heavy (non-hydrogen) atoms. The lowest BCUT2D eigenvalue weighted by atomic mass is 10.1. The molecule has 5 nitrogen and oxygen atoms in total. The predicted octanol–water partition coefficient (Wildman–Crippen LogP) is 2.70. The Balaban J connectivity index is 1.32. The SMILES string of the molecule is O=C(CNC(=O)Cc1ccccc1)NCCCc1nc2ccccc2s1. The molecule has 0 atom stereocenters. The number of aromatic nitrogens is 1. The van der Waals surface area contributed by atoms with Gasteiger partial charge < -0.3 is 10.6 Å². The minimum atomic E-state index is -0.171. The molecule has 0 bridgehead atoms. The second-order valence-electron chi connectivity index (χ2n) is 5.97. The van der Waals surface area contributed by atoms with Crippen LogP contribution in [-0.2, 0) is 22.4 Å². The molecule has 0 aliphatic heterocycles. The zero-order chi connectivity index (χ0) is 18.2. The number of amides is 2. The first-order valence-electron chi connectivity index (χ1n) is 8.62. The maximum Gasteiger partial charge on any atom is 0.239 e. The van der Waals surface area contributed by atoms with Crippen LogP contribution in [0, 0.1) is 0 Å². The number of rotatable bonds is 8. The molecule has 0 aliphatic rings. The highest BCUT2D eigenvalue weighted by Gasteiger charge is 2.07. The quantitative estimate of drug-likeness (QED) is 0.602. The standard InChI is InChI=1S/C20H21N3O2S/c24-18(13-15-7-2-1-3-8-15)22-14-19(25)21-12-6-11-20-23-16-9-4-5-10-17(16)26-20/h1-5,7-10H,6,11-14H2,(H,21,25)(H,22,24). The number of thiazole rings is 1. The summed E-state index contributed by atoms with van der Waals surface area (Å²) in [5, 5.41) is 6.56. The minimum Gasteiger partial charge on any atom is -0.355 e. The van der Waals surface area contributed by atoms with Gasteiger partial charge in [-0.3, -0.25) is 9.59 Å². The van der Waals surface area contributed by atoms with Crippen molar-refractivity contribution in [1.82, 2.24) is 15.6 Å². The van der Waals surface area contributed by atoms with E-state index >= 15 is 0 Å². The minimum absolute atomic E-state index is 0.00675. The Morgan fingerprint density at radius 1 is 0.923 bits per heavy atom. The Morgan fingerprint density at radius 2 is 1.69 bits per heavy atom. The highest BCUT2D eigenvalue weighted by molar-refractivity contribution is 7.18. The lowest BCUT2D eigenvalue weighted by Gasteiger charge is -2.06. The summed E-state index contributed by atoms with van der Waals surface area (Å²) >= 11 is 1.69. The number of carbonyl (C=O) groups is 2. The van der Waals surface area contributed by atoms with E-state index < -0.39 is 0 Å². The molecular weight excluding hydrogens is 346 g/mol. The topological polar surface area (TPSA) is 71.1 Å². The van der Waals surface area contributed by atoms with Gasteiger partial charge in [0.15, 0.2) is 0 Å². The highest BCUT2D eigenvalue weighted by Crippen LogP contribution is 2.22. The van der Waals surface area contributed by atoms with E-state index in [1.165, 1.54) is 4.70 Å². The molecule has 0 aliphatic carbocycles. The molecule has 3 rings (SSSR count). The van der Waals surface area contributed by atoms with Crippen LogP contribution in [0.5, 0.6) is 0 Å². The highest BCUT2D eigenvalue weighted by atomic mass is 32.1. The Morgan fingerprint density at radius 3 is 2.50 bits per heavy atom. The van der Waals surface area contributed by atoms with Crippen molar-refractivity contribution in [3.8, 4) is 0 Å². The maximum absolute atomic E-state index is 11.8. The number of fused-ring (bicyclic) bond motifs is 1. The van der Waals surface area contributed by atoms with Crippen molar-refractivity contribution in [2.75, 3.05) is 13.1 Å². The van der Waals surface area contributed by atoms with Crippen molar-refractivity contribution in [2.45, 2.75) is 19.3 Å². The molecular formula is C20H21N3O2S. The fourth-order valence-electron chi connectivity index (χ4n) is 2.58. The molecule has 0 radical (unpaired) electrons. The van der Waals surface area contributed by atoms with Crippen LogP contribution in [0.3, 0.4) is 0 Å². The van der Waals surface area contributed by atoms with Gasteiger partial charge in [-0.05, 0) is 24.1 Å². The summed E-state index contributed by atoms with van der Waals surface area (Å²) in [6.45, 7) is 0.579. The number of nitrogens with zero attached hydrogens (tertiary/aromatic N) is 1. The molecule has 0 spiro atoms. The molecule has 0 saturated carbocycles. The molecule has 0 unspecified atom stereocenters. The molecule has 134 valence electrons. The first-order valence-corrected chi connectivity index (χ1v) is 9.44. The van der Waals surface area contributed by atoms with Gasteiger partial charge in [0.25, 0.3) is 0 Å². The van der Waals surface area contributed by atoms with Gasteiger partial charge in [-0.2, -0.15) is 0 Å². The normalized spacial score (nSPS) is 10.6. The molecule has 2 amide bonds. The third kappa shape index (κ3) is 5.39. The van der Waals surface area contributed by atoms with E-state index in [-0.39, 0.29) is 24.8 Å². The van der Waals surface area contributed by atoms with Gasteiger partial charge in [0.1, 0.15) is 0 Å². The summed E-state index contributed by atoms with van der Waals surface area (Å²) in [5.74, 6) is -0.323. The van der Waals surface area contributed by atoms with Crippen LogP contribution in [0.15, 0.2) is 54.6 Å². The van der Waals surface area contributed by atoms with E-state index in [9.17, 15) is 9.59 Å². The lowest BCUT2D eigenvalue weighted by molar-refractivity contribution is -0.125. The average molecular weight is 367 g/mol. The lowest BCUT2D eigenvalue weighted by Crippen LogP contribution is -2.38. The Labute approximate surface area is 156 Å². The van der Waals surface area contributed by atoms with E-state index in [2.05, 4.69) is 21.7 Å². The van der Waals surface area contributed by atoms with Gasteiger partial charge in [-0.25, -0.2) is 4.98 Å². The Bertz CT molecular complexity index is 844. The number of benzene rings is 2. The molecule has 6 heteroatoms. The number of hydrogen-bond acceptors (Lipinski definition) is 4. The molecule has 2 aromatic carbocycles. The van der Waals surface area contributed by atoms with Gasteiger partial charge in [-0.1, -0.05) is 42.5 Å². The summed E-state index contributed by atoms with van der Waals surface area (Å²) in [7, 11) is 0. The van der Waals surface area contributed by atoms with Crippen molar-refractivity contribution >= 4 is 33.4 Å². The predicted molar refractivity (Wildman–Crippen MR) is 104 cm³/mol. The average Bonchev–Trinajstić information content (AvgIpc) is 3.07. The van der Waals surface area contributed by atoms with Gasteiger partial charge >= 0.3 is 0 Å². The summed E-state index contributed by atoms with van der Waals surface area (Å²) in [4.78, 5) is 28.2. The zero-order valence-electron chi connectivity index (χ0n) is 14.4. The van der Waals surface area contributed by atoms with Crippen molar-refractivity contribution in [2.24, 2.45) is 0 Å². The number of aryl methyl sites for hydroxylation is 1. The second-order valence-corrected chi connectivity index (χ2v) is 7.08. The second kappa shape index (κ2) is 9.10. The van der Waals surface area contributed by atoms with Crippen LogP contribution >= 0.6 is 11.3 Å². The van der Waals surface area contributed by atoms with Gasteiger partial charge in [0.2, 0.25) is 11.8 Å². The van der Waals surface area contributed by atoms with Gasteiger partial charge in [0, 0.05) is 13.0 Å². The molecule has 1 aromatic heterocycles. The molecule has 2 N–H and O–H groups in total. The molecule has 0 saturated heterocycles. The summed E-state index contributed by atoms with van der Waals surface area (Å²) in [6, 6.07) is 17.5. The number of carbonyl (C=O) groups excluding carboxylic acids is 2. The van der Waals surface area contributed by atoms with E-state index in [0.717, 1.165) is 28.9 Å². The van der Waals surface area contributed by atoms with Gasteiger partial charge in [-0.15, -0.1) is 11.3 Å². The molecule has 3 aromatic rings. The van der Waals surface area contributed by atoms with Crippen molar-refractivity contribution < 1.29 is 9.59 Å². The zero-order valence-corrected chi connectivity index (χ0v) is 15.2. The van der Waals surface area contributed by atoms with Gasteiger partial charge in [0.05, 0.1) is 28.2 Å². The van der Waals surface area contributed by atoms with Crippen LogP contribution in [-0.4, -0.2) is 29.9 Å². The third-order valence-corrected chi connectivity index (χ3v) is 4.98. The largest absolute Gasteiger partial charge is 0.355 e. The van der Waals surface area contributed by atoms with Crippen LogP contribution in [0.4, 0.5) is 0 Å². The van der Waals surface area contributed by atoms with E-state index in [0.29, 0.717) is 6.54 Å². The third-order valence-electron chi connectivity index (χ3n) is 3.88. The Hall–Kier alpha value is -2.73. The van der Waals surface area contributed by atoms with E-state index in [4.69, 9.17) is 0 Å². The first-order chi connectivity index (χ1) is 12.7. The summed E-state index contributed by atoms with van der Waals surface area (Å²) in [5.41, 5.74) is 1.96. The van der Waals surface area contributed by atoms with E-state index in [1.54, 1.807) is 11.3 Å². The number of para-hydroxylation sites is 1. The molecule has 0 fully saturated rings. The van der Waals surface area contributed by atoms with E-state index in [1.807, 2.05) is 48.5 Å². The number of nitrogens with one attached hydrogen (secondary N) is 2. The monoisotopic (exact) mass is 367 g/mol. The molecule has 1 heterocycles.